The second-order valence-electron chi connectivity index (χ2n) is 16.7. The van der Waals surface area contributed by atoms with Crippen molar-refractivity contribution in [2.45, 2.75) is 239 Å². The number of unbranched alkanes of at least 4 members (excludes halogenated alkanes) is 20. The number of hydrogen-bond donors (Lipinski definition) is 0. The highest BCUT2D eigenvalue weighted by molar-refractivity contribution is 5.71. The zero-order chi connectivity index (χ0) is 45.1. The summed E-state index contributed by atoms with van der Waals surface area (Å²) in [5.74, 6) is -1.00. The Hall–Kier alpha value is -3.41. The molecule has 0 amide bonds. The van der Waals surface area contributed by atoms with Gasteiger partial charge in [0.1, 0.15) is 13.2 Å². The van der Waals surface area contributed by atoms with Gasteiger partial charge in [0.25, 0.3) is 0 Å². The summed E-state index contributed by atoms with van der Waals surface area (Å²) in [5, 5.41) is 0. The molecule has 0 aliphatic heterocycles. The van der Waals surface area contributed by atoms with Gasteiger partial charge in [-0.1, -0.05) is 215 Å². The van der Waals surface area contributed by atoms with Crippen molar-refractivity contribution in [1.82, 2.24) is 0 Å². The van der Waals surface area contributed by atoms with E-state index >= 15 is 0 Å². The molecule has 6 nitrogen and oxygen atoms in total. The maximum Gasteiger partial charge on any atom is 0.306 e. The number of carbonyl (C=O) groups is 3. The van der Waals surface area contributed by atoms with Crippen LogP contribution in [-0.2, 0) is 28.6 Å². The zero-order valence-electron chi connectivity index (χ0n) is 40.4. The molecule has 0 aromatic carbocycles. The van der Waals surface area contributed by atoms with E-state index in [0.29, 0.717) is 19.3 Å². The van der Waals surface area contributed by atoms with Crippen LogP contribution in [-0.4, -0.2) is 37.2 Å². The van der Waals surface area contributed by atoms with Gasteiger partial charge < -0.3 is 14.2 Å². The second-order valence-corrected chi connectivity index (χ2v) is 16.7. The Bertz CT molecular complexity index is 1220. The fraction of sp³-hybridized carbons (Fsp3) is 0.696. The molecule has 6 heteroatoms. The number of rotatable bonds is 45. The summed E-state index contributed by atoms with van der Waals surface area (Å²) in [7, 11) is 0. The third kappa shape index (κ3) is 47.6. The maximum absolute atomic E-state index is 12.8. The molecule has 0 aromatic rings. The standard InChI is InChI=1S/C56H94O6/c1-4-7-10-13-16-19-21-23-25-27-28-29-31-32-34-37-40-43-46-49-55(58)61-52-53(51-60-54(57)48-45-42-39-36-18-15-12-9-6-3)62-56(59)50-47-44-41-38-35-33-30-26-24-22-20-17-14-11-8-5-2/h7,10,16,19,23,25-26,28-30,32,34,40,43,53H,4-6,8-9,11-15,17-18,20-22,24,27,31,33,35-39,41-42,44-52H2,1-3H3/b10-7-,19-16-,25-23-,29-28-,30-26-,34-32-,43-40-. The van der Waals surface area contributed by atoms with Crippen LogP contribution in [0.1, 0.15) is 233 Å². The molecule has 0 saturated carbocycles. The van der Waals surface area contributed by atoms with Gasteiger partial charge in [-0.05, 0) is 83.5 Å². The van der Waals surface area contributed by atoms with Gasteiger partial charge in [-0.15, -0.1) is 0 Å². The zero-order valence-corrected chi connectivity index (χ0v) is 40.4. The molecule has 0 aromatic heterocycles. The first kappa shape index (κ1) is 58.6. The number of allylic oxidation sites excluding steroid dienone is 14. The number of ether oxygens (including phenoxy) is 3. The van der Waals surface area contributed by atoms with Crippen LogP contribution in [0.4, 0.5) is 0 Å². The lowest BCUT2D eigenvalue weighted by Gasteiger charge is -2.18. The van der Waals surface area contributed by atoms with Crippen LogP contribution in [0.2, 0.25) is 0 Å². The highest BCUT2D eigenvalue weighted by atomic mass is 16.6. The van der Waals surface area contributed by atoms with Gasteiger partial charge in [-0.3, -0.25) is 14.4 Å². The van der Waals surface area contributed by atoms with E-state index in [4.69, 9.17) is 14.2 Å². The van der Waals surface area contributed by atoms with Crippen molar-refractivity contribution in [3.63, 3.8) is 0 Å². The minimum absolute atomic E-state index is 0.102. The Kier molecular flexibility index (Phi) is 47.5. The third-order valence-corrected chi connectivity index (χ3v) is 10.6. The largest absolute Gasteiger partial charge is 0.462 e. The van der Waals surface area contributed by atoms with Gasteiger partial charge in [-0.25, -0.2) is 0 Å². The van der Waals surface area contributed by atoms with Gasteiger partial charge in [-0.2, -0.15) is 0 Å². The van der Waals surface area contributed by atoms with Gasteiger partial charge in [0.2, 0.25) is 0 Å². The minimum Gasteiger partial charge on any atom is -0.462 e. The Morgan fingerprint density at radius 3 is 1.08 bits per heavy atom. The normalized spacial score (nSPS) is 12.8. The maximum atomic E-state index is 12.8. The Labute approximate surface area is 382 Å². The highest BCUT2D eigenvalue weighted by Gasteiger charge is 2.19. The predicted octanol–water partition coefficient (Wildman–Crippen LogP) is 16.8. The quantitative estimate of drug-likeness (QED) is 0.0263. The molecule has 1 atom stereocenters. The lowest BCUT2D eigenvalue weighted by Crippen LogP contribution is -2.30. The van der Waals surface area contributed by atoms with Crippen molar-refractivity contribution in [1.29, 1.82) is 0 Å². The molecule has 62 heavy (non-hydrogen) atoms. The fourth-order valence-corrected chi connectivity index (χ4v) is 6.81. The van der Waals surface area contributed by atoms with E-state index in [0.717, 1.165) is 89.9 Å². The first-order valence-electron chi connectivity index (χ1n) is 25.6. The average molecular weight is 863 g/mol. The molecule has 0 heterocycles. The van der Waals surface area contributed by atoms with Crippen molar-refractivity contribution in [3.05, 3.63) is 85.1 Å². The molecule has 0 spiro atoms. The second kappa shape index (κ2) is 50.2. The van der Waals surface area contributed by atoms with Crippen LogP contribution in [0.3, 0.4) is 0 Å². The number of esters is 3. The van der Waals surface area contributed by atoms with Crippen LogP contribution >= 0.6 is 0 Å². The number of carbonyl (C=O) groups excluding carboxylic acids is 3. The first-order chi connectivity index (χ1) is 30.5. The summed E-state index contributed by atoms with van der Waals surface area (Å²) in [6.07, 6.45) is 64.4. The summed E-state index contributed by atoms with van der Waals surface area (Å²) >= 11 is 0. The topological polar surface area (TPSA) is 78.9 Å². The molecule has 0 aliphatic rings. The molecule has 0 saturated heterocycles. The van der Waals surface area contributed by atoms with Gasteiger partial charge in [0, 0.05) is 19.3 Å². The molecule has 354 valence electrons. The molecule has 0 aliphatic carbocycles. The van der Waals surface area contributed by atoms with Gasteiger partial charge in [0.05, 0.1) is 0 Å². The van der Waals surface area contributed by atoms with E-state index in [1.165, 1.54) is 96.3 Å². The lowest BCUT2D eigenvalue weighted by atomic mass is 10.1. The molecule has 0 radical (unpaired) electrons. The Morgan fingerprint density at radius 1 is 0.339 bits per heavy atom. The third-order valence-electron chi connectivity index (χ3n) is 10.6. The highest BCUT2D eigenvalue weighted by Crippen LogP contribution is 2.14. The minimum atomic E-state index is -0.808. The molecule has 1 unspecified atom stereocenters. The van der Waals surface area contributed by atoms with Crippen molar-refractivity contribution >= 4 is 17.9 Å². The van der Waals surface area contributed by atoms with Crippen LogP contribution in [0.15, 0.2) is 85.1 Å². The molecule has 0 rings (SSSR count). The van der Waals surface area contributed by atoms with E-state index in [-0.39, 0.29) is 37.5 Å². The molecule has 0 fully saturated rings. The molecular formula is C56H94O6. The van der Waals surface area contributed by atoms with Crippen molar-refractivity contribution in [3.8, 4) is 0 Å². The molecular weight excluding hydrogens is 769 g/mol. The Morgan fingerprint density at radius 2 is 0.661 bits per heavy atom. The van der Waals surface area contributed by atoms with Crippen molar-refractivity contribution < 1.29 is 28.6 Å². The van der Waals surface area contributed by atoms with Crippen LogP contribution in [0.25, 0.3) is 0 Å². The van der Waals surface area contributed by atoms with Crippen LogP contribution < -0.4 is 0 Å². The van der Waals surface area contributed by atoms with E-state index in [9.17, 15) is 14.4 Å². The number of hydrogen-bond acceptors (Lipinski definition) is 6. The van der Waals surface area contributed by atoms with Crippen LogP contribution in [0, 0.1) is 0 Å². The molecule has 0 N–H and O–H groups in total. The first-order valence-corrected chi connectivity index (χ1v) is 25.6. The summed E-state index contributed by atoms with van der Waals surface area (Å²) < 4.78 is 16.7. The smallest absolute Gasteiger partial charge is 0.306 e. The summed E-state index contributed by atoms with van der Waals surface area (Å²) in [4.78, 5) is 37.8. The van der Waals surface area contributed by atoms with Crippen molar-refractivity contribution in [2.75, 3.05) is 13.2 Å². The Balaban J connectivity index is 4.46. The van der Waals surface area contributed by atoms with E-state index in [1.54, 1.807) is 0 Å². The molecule has 0 bridgehead atoms. The van der Waals surface area contributed by atoms with Crippen LogP contribution in [0.5, 0.6) is 0 Å². The van der Waals surface area contributed by atoms with E-state index in [1.807, 2.05) is 6.08 Å². The van der Waals surface area contributed by atoms with Crippen molar-refractivity contribution in [2.24, 2.45) is 0 Å². The SMILES string of the molecule is CC/C=C\C/C=C\C/C=C\C/C=C\C/C=C\C/C=C\CCC(=O)OCC(COC(=O)CCCCCCCCCCC)OC(=O)CCCCCCC/C=C\CCCCCCCCC. The fourth-order valence-electron chi connectivity index (χ4n) is 6.81. The van der Waals surface area contributed by atoms with Gasteiger partial charge >= 0.3 is 17.9 Å². The summed E-state index contributed by atoms with van der Waals surface area (Å²) in [6.45, 7) is 6.42. The van der Waals surface area contributed by atoms with E-state index < -0.39 is 6.10 Å². The van der Waals surface area contributed by atoms with E-state index in [2.05, 4.69) is 99.8 Å². The average Bonchev–Trinajstić information content (AvgIpc) is 3.27. The monoisotopic (exact) mass is 863 g/mol. The lowest BCUT2D eigenvalue weighted by molar-refractivity contribution is -0.166. The van der Waals surface area contributed by atoms with Gasteiger partial charge in [0.15, 0.2) is 6.10 Å². The summed E-state index contributed by atoms with van der Waals surface area (Å²) in [5.41, 5.74) is 0. The summed E-state index contributed by atoms with van der Waals surface area (Å²) in [6, 6.07) is 0. The predicted molar refractivity (Wildman–Crippen MR) is 265 cm³/mol.